The first-order valence-electron chi connectivity index (χ1n) is 7.67. The van der Waals surface area contributed by atoms with E-state index in [0.717, 1.165) is 12.0 Å². The van der Waals surface area contributed by atoms with E-state index in [-0.39, 0.29) is 17.2 Å². The molecular weight excluding hydrogens is 258 g/mol. The molecule has 110 valence electrons. The van der Waals surface area contributed by atoms with Gasteiger partial charge >= 0.3 is 0 Å². The standard InChI is InChI=1S/C19H23NO/c1-13-5-7-15(8-6-13)14(2)20-10-9-16-17(20)11-19(3,4)12-18(16)21/h5-10,14H,11-12H2,1-4H3. The van der Waals surface area contributed by atoms with Crippen LogP contribution in [-0.4, -0.2) is 10.4 Å². The molecule has 0 saturated carbocycles. The van der Waals surface area contributed by atoms with Gasteiger partial charge in [-0.1, -0.05) is 43.7 Å². The molecule has 0 aliphatic heterocycles. The minimum atomic E-state index is 0.0627. The van der Waals surface area contributed by atoms with E-state index in [9.17, 15) is 4.79 Å². The third-order valence-electron chi connectivity index (χ3n) is 4.59. The van der Waals surface area contributed by atoms with E-state index in [1.54, 1.807) is 0 Å². The Morgan fingerprint density at radius 1 is 1.10 bits per heavy atom. The topological polar surface area (TPSA) is 22.0 Å². The normalized spacial score (nSPS) is 18.4. The van der Waals surface area contributed by atoms with Crippen LogP contribution in [0.25, 0.3) is 0 Å². The second kappa shape index (κ2) is 4.87. The summed E-state index contributed by atoms with van der Waals surface area (Å²) in [4.78, 5) is 12.3. The molecule has 1 heterocycles. The Morgan fingerprint density at radius 2 is 1.76 bits per heavy atom. The number of aromatic nitrogens is 1. The molecule has 1 aromatic heterocycles. The molecule has 1 aromatic carbocycles. The van der Waals surface area contributed by atoms with E-state index in [1.165, 1.54) is 16.8 Å². The molecule has 1 aliphatic carbocycles. The first kappa shape index (κ1) is 14.1. The van der Waals surface area contributed by atoms with Crippen LogP contribution in [-0.2, 0) is 6.42 Å². The highest BCUT2D eigenvalue weighted by atomic mass is 16.1. The van der Waals surface area contributed by atoms with Crippen molar-refractivity contribution in [3.8, 4) is 0 Å². The summed E-state index contributed by atoms with van der Waals surface area (Å²) in [6.07, 6.45) is 3.70. The van der Waals surface area contributed by atoms with E-state index in [0.29, 0.717) is 6.42 Å². The lowest BCUT2D eigenvalue weighted by molar-refractivity contribution is 0.0909. The van der Waals surface area contributed by atoms with Crippen LogP contribution in [0.2, 0.25) is 0 Å². The molecule has 2 aromatic rings. The maximum atomic E-state index is 12.3. The average Bonchev–Trinajstić information content (AvgIpc) is 2.81. The summed E-state index contributed by atoms with van der Waals surface area (Å²) < 4.78 is 2.28. The van der Waals surface area contributed by atoms with Gasteiger partial charge in [0.15, 0.2) is 5.78 Å². The van der Waals surface area contributed by atoms with Crippen molar-refractivity contribution in [2.24, 2.45) is 5.41 Å². The number of ketones is 1. The summed E-state index contributed by atoms with van der Waals surface area (Å²) in [5.74, 6) is 0.288. The molecule has 0 radical (unpaired) electrons. The molecule has 0 amide bonds. The zero-order chi connectivity index (χ0) is 15.2. The van der Waals surface area contributed by atoms with Crippen LogP contribution in [0.1, 0.15) is 60.4 Å². The molecule has 21 heavy (non-hydrogen) atoms. The van der Waals surface area contributed by atoms with Gasteiger partial charge in [-0.2, -0.15) is 0 Å². The lowest BCUT2D eigenvalue weighted by Crippen LogP contribution is -2.28. The number of fused-ring (bicyclic) bond motifs is 1. The summed E-state index contributed by atoms with van der Waals surface area (Å²) in [5, 5.41) is 0. The van der Waals surface area contributed by atoms with Crippen LogP contribution in [0.5, 0.6) is 0 Å². The molecule has 0 saturated heterocycles. The van der Waals surface area contributed by atoms with Crippen LogP contribution in [0.4, 0.5) is 0 Å². The van der Waals surface area contributed by atoms with Gasteiger partial charge in [-0.3, -0.25) is 4.79 Å². The molecular formula is C19H23NO. The highest BCUT2D eigenvalue weighted by molar-refractivity contribution is 5.98. The van der Waals surface area contributed by atoms with Crippen molar-refractivity contribution in [3.63, 3.8) is 0 Å². The highest BCUT2D eigenvalue weighted by Gasteiger charge is 2.33. The van der Waals surface area contributed by atoms with Gasteiger partial charge in [-0.25, -0.2) is 0 Å². The molecule has 0 bridgehead atoms. The third-order valence-corrected chi connectivity index (χ3v) is 4.59. The fraction of sp³-hybridized carbons (Fsp3) is 0.421. The molecule has 1 unspecified atom stereocenters. The van der Waals surface area contributed by atoms with Gasteiger partial charge in [0.05, 0.1) is 6.04 Å². The van der Waals surface area contributed by atoms with Crippen LogP contribution in [0.3, 0.4) is 0 Å². The van der Waals surface area contributed by atoms with Gasteiger partial charge in [0.25, 0.3) is 0 Å². The molecule has 0 fully saturated rings. The highest BCUT2D eigenvalue weighted by Crippen LogP contribution is 2.37. The molecule has 1 atom stereocenters. The number of rotatable bonds is 2. The number of aryl methyl sites for hydroxylation is 1. The van der Waals surface area contributed by atoms with Gasteiger partial charge in [0.1, 0.15) is 0 Å². The molecule has 0 spiro atoms. The Balaban J connectivity index is 2.01. The van der Waals surface area contributed by atoms with Crippen molar-refractivity contribution in [3.05, 3.63) is 58.9 Å². The van der Waals surface area contributed by atoms with Crippen LogP contribution < -0.4 is 0 Å². The zero-order valence-electron chi connectivity index (χ0n) is 13.3. The summed E-state index contributed by atoms with van der Waals surface area (Å²) >= 11 is 0. The number of carbonyl (C=O) groups is 1. The molecule has 2 nitrogen and oxygen atoms in total. The predicted molar refractivity (Wildman–Crippen MR) is 85.9 cm³/mol. The Morgan fingerprint density at radius 3 is 2.43 bits per heavy atom. The van der Waals surface area contributed by atoms with Crippen molar-refractivity contribution in [1.29, 1.82) is 0 Å². The lowest BCUT2D eigenvalue weighted by atomic mass is 9.76. The van der Waals surface area contributed by atoms with Crippen LogP contribution >= 0.6 is 0 Å². The Kier molecular flexibility index (Phi) is 3.27. The Hall–Kier alpha value is -1.83. The molecule has 0 N–H and O–H groups in total. The third kappa shape index (κ3) is 2.55. The summed E-state index contributed by atoms with van der Waals surface area (Å²) in [5.41, 5.74) is 4.75. The van der Waals surface area contributed by atoms with E-state index < -0.39 is 0 Å². The second-order valence-electron chi connectivity index (χ2n) is 7.11. The number of hydrogen-bond donors (Lipinski definition) is 0. The van der Waals surface area contributed by atoms with Gasteiger partial charge in [0, 0.05) is 23.9 Å². The minimum Gasteiger partial charge on any atom is -0.344 e. The van der Waals surface area contributed by atoms with E-state index in [4.69, 9.17) is 0 Å². The quantitative estimate of drug-likeness (QED) is 0.791. The SMILES string of the molecule is Cc1ccc(C(C)n2ccc3c2CC(C)(C)CC3=O)cc1. The van der Waals surface area contributed by atoms with Crippen LogP contribution in [0.15, 0.2) is 36.5 Å². The van der Waals surface area contributed by atoms with Crippen molar-refractivity contribution in [1.82, 2.24) is 4.57 Å². The average molecular weight is 281 g/mol. The maximum absolute atomic E-state index is 12.3. The molecule has 1 aliphatic rings. The monoisotopic (exact) mass is 281 g/mol. The van der Waals surface area contributed by atoms with E-state index >= 15 is 0 Å². The summed E-state index contributed by atoms with van der Waals surface area (Å²) in [6, 6.07) is 10.9. The lowest BCUT2D eigenvalue weighted by Gasteiger charge is -2.31. The maximum Gasteiger partial charge on any atom is 0.165 e. The van der Waals surface area contributed by atoms with Gasteiger partial charge < -0.3 is 4.57 Å². The first-order valence-corrected chi connectivity index (χ1v) is 7.67. The minimum absolute atomic E-state index is 0.0627. The second-order valence-corrected chi connectivity index (χ2v) is 7.11. The predicted octanol–water partition coefficient (Wildman–Crippen LogP) is 4.56. The Labute approximate surface area is 126 Å². The molecule has 3 rings (SSSR count). The van der Waals surface area contributed by atoms with E-state index in [1.807, 2.05) is 6.07 Å². The van der Waals surface area contributed by atoms with Gasteiger partial charge in [0.2, 0.25) is 0 Å². The fourth-order valence-corrected chi connectivity index (χ4v) is 3.33. The summed E-state index contributed by atoms with van der Waals surface area (Å²) in [6.45, 7) is 8.67. The van der Waals surface area contributed by atoms with Crippen molar-refractivity contribution >= 4 is 5.78 Å². The van der Waals surface area contributed by atoms with Crippen molar-refractivity contribution < 1.29 is 4.79 Å². The number of nitrogens with zero attached hydrogens (tertiary/aromatic N) is 1. The van der Waals surface area contributed by atoms with E-state index in [2.05, 4.69) is 62.7 Å². The van der Waals surface area contributed by atoms with Gasteiger partial charge in [-0.05, 0) is 37.3 Å². The largest absolute Gasteiger partial charge is 0.344 e. The summed E-state index contributed by atoms with van der Waals surface area (Å²) in [7, 11) is 0. The van der Waals surface area contributed by atoms with Crippen LogP contribution in [0, 0.1) is 12.3 Å². The number of Topliss-reactive ketones (excluding diaryl/α,β-unsaturated/α-hetero) is 1. The zero-order valence-corrected chi connectivity index (χ0v) is 13.3. The van der Waals surface area contributed by atoms with Crippen molar-refractivity contribution in [2.45, 2.75) is 46.6 Å². The smallest absolute Gasteiger partial charge is 0.165 e. The number of benzene rings is 1. The first-order chi connectivity index (χ1) is 9.87. The fourth-order valence-electron chi connectivity index (χ4n) is 3.33. The van der Waals surface area contributed by atoms with Gasteiger partial charge in [-0.15, -0.1) is 0 Å². The number of hydrogen-bond acceptors (Lipinski definition) is 1. The Bertz CT molecular complexity index is 676. The molecule has 2 heteroatoms. The number of carbonyl (C=O) groups excluding carboxylic acids is 1. The van der Waals surface area contributed by atoms with Crippen molar-refractivity contribution in [2.75, 3.05) is 0 Å².